The van der Waals surface area contributed by atoms with Crippen molar-refractivity contribution >= 4 is 28.2 Å². The molecule has 2 aromatic heterocycles. The highest BCUT2D eigenvalue weighted by molar-refractivity contribution is 7.16. The third-order valence-electron chi connectivity index (χ3n) is 5.61. The Morgan fingerprint density at radius 1 is 1.09 bits per heavy atom. The van der Waals surface area contributed by atoms with Gasteiger partial charge in [-0.3, -0.25) is 4.79 Å². The molecular formula is C26H20N4O3S. The van der Waals surface area contributed by atoms with Crippen LogP contribution in [0.1, 0.15) is 32.9 Å². The fourth-order valence-electron chi connectivity index (χ4n) is 4.02. The van der Waals surface area contributed by atoms with Crippen molar-refractivity contribution < 1.29 is 14.3 Å². The van der Waals surface area contributed by atoms with Gasteiger partial charge in [0.2, 0.25) is 0 Å². The number of aryl methyl sites for hydroxylation is 1. The van der Waals surface area contributed by atoms with Crippen molar-refractivity contribution in [2.24, 2.45) is 0 Å². The van der Waals surface area contributed by atoms with Gasteiger partial charge in [0.05, 0.1) is 16.9 Å². The number of amides is 1. The lowest BCUT2D eigenvalue weighted by Gasteiger charge is -2.08. The average Bonchev–Trinajstić information content (AvgIpc) is 3.58. The summed E-state index contributed by atoms with van der Waals surface area (Å²) < 4.78 is 6.85. The summed E-state index contributed by atoms with van der Waals surface area (Å²) in [6, 6.07) is 22.6. The Kier molecular flexibility index (Phi) is 5.93. The van der Waals surface area contributed by atoms with Crippen molar-refractivity contribution in [2.45, 2.75) is 19.3 Å². The van der Waals surface area contributed by atoms with Crippen LogP contribution in [0.2, 0.25) is 0 Å². The highest BCUT2D eigenvalue weighted by Gasteiger charge is 2.24. The number of nitrogens with one attached hydrogen (secondary N) is 1. The topological polar surface area (TPSA) is 97.0 Å². The van der Waals surface area contributed by atoms with E-state index in [1.165, 1.54) is 16.0 Å². The van der Waals surface area contributed by atoms with E-state index in [0.717, 1.165) is 35.3 Å². The quantitative estimate of drug-likeness (QED) is 0.412. The van der Waals surface area contributed by atoms with Gasteiger partial charge in [0.1, 0.15) is 11.1 Å². The standard InChI is InChI=1S/C26H20N4O3S/c27-15-20-19-12-7-13-23(19)34-25(20)28-24(31)16-33-26(32)22-14-21(17-8-3-1-4-9-17)29-30(22)18-10-5-2-6-11-18/h1-6,8-11,14H,7,12-13,16H2,(H,28,31). The summed E-state index contributed by atoms with van der Waals surface area (Å²) in [5.74, 6) is -1.15. The van der Waals surface area contributed by atoms with Crippen molar-refractivity contribution in [1.29, 1.82) is 5.26 Å². The number of para-hydroxylation sites is 1. The van der Waals surface area contributed by atoms with E-state index in [4.69, 9.17) is 4.74 Å². The molecule has 0 fully saturated rings. The van der Waals surface area contributed by atoms with E-state index in [2.05, 4.69) is 16.5 Å². The number of fused-ring (bicyclic) bond motifs is 1. The largest absolute Gasteiger partial charge is 0.451 e. The van der Waals surface area contributed by atoms with Gasteiger partial charge >= 0.3 is 5.97 Å². The first-order valence-electron chi connectivity index (χ1n) is 10.9. The molecule has 0 saturated heterocycles. The normalized spacial score (nSPS) is 12.1. The minimum Gasteiger partial charge on any atom is -0.451 e. The molecule has 168 valence electrons. The molecule has 1 N–H and O–H groups in total. The number of nitriles is 1. The van der Waals surface area contributed by atoms with E-state index in [0.29, 0.717) is 21.9 Å². The fourth-order valence-corrected chi connectivity index (χ4v) is 5.28. The van der Waals surface area contributed by atoms with E-state index >= 15 is 0 Å². The number of esters is 1. The number of rotatable bonds is 6. The Morgan fingerprint density at radius 2 is 1.82 bits per heavy atom. The number of nitrogens with zero attached hydrogens (tertiary/aromatic N) is 3. The first-order valence-corrected chi connectivity index (χ1v) is 11.7. The summed E-state index contributed by atoms with van der Waals surface area (Å²) >= 11 is 1.42. The Bertz CT molecular complexity index is 1400. The van der Waals surface area contributed by atoms with E-state index < -0.39 is 18.5 Å². The first kappa shape index (κ1) is 21.6. The molecule has 5 rings (SSSR count). The Hall–Kier alpha value is -4.22. The zero-order valence-electron chi connectivity index (χ0n) is 18.2. The van der Waals surface area contributed by atoms with Crippen LogP contribution in [0.25, 0.3) is 16.9 Å². The number of thiophene rings is 1. The summed E-state index contributed by atoms with van der Waals surface area (Å²) in [4.78, 5) is 26.6. The molecule has 7 nitrogen and oxygen atoms in total. The number of carbonyl (C=O) groups excluding carboxylic acids is 2. The molecule has 4 aromatic rings. The van der Waals surface area contributed by atoms with Gasteiger partial charge in [0.15, 0.2) is 12.3 Å². The molecule has 8 heteroatoms. The van der Waals surface area contributed by atoms with Crippen LogP contribution in [0.4, 0.5) is 5.00 Å². The summed E-state index contributed by atoms with van der Waals surface area (Å²) in [5.41, 5.74) is 3.94. The van der Waals surface area contributed by atoms with Gasteiger partial charge in [-0.05, 0) is 43.0 Å². The smallest absolute Gasteiger partial charge is 0.357 e. The van der Waals surface area contributed by atoms with Crippen LogP contribution >= 0.6 is 11.3 Å². The third kappa shape index (κ3) is 4.21. The number of anilines is 1. The van der Waals surface area contributed by atoms with Crippen LogP contribution in [0, 0.1) is 11.3 Å². The minimum absolute atomic E-state index is 0.214. The van der Waals surface area contributed by atoms with Crippen LogP contribution in [0.15, 0.2) is 66.7 Å². The van der Waals surface area contributed by atoms with Crippen LogP contribution in [0.5, 0.6) is 0 Å². The second-order valence-electron chi connectivity index (χ2n) is 7.83. The second kappa shape index (κ2) is 9.33. The molecule has 2 heterocycles. The van der Waals surface area contributed by atoms with E-state index in [1.54, 1.807) is 6.07 Å². The molecule has 0 unspecified atom stereocenters. The van der Waals surface area contributed by atoms with Crippen LogP contribution < -0.4 is 5.32 Å². The molecule has 1 aliphatic carbocycles. The molecule has 0 saturated carbocycles. The molecule has 0 aliphatic heterocycles. The van der Waals surface area contributed by atoms with Gasteiger partial charge in [0.25, 0.3) is 5.91 Å². The minimum atomic E-state index is -0.664. The Balaban J connectivity index is 1.34. The zero-order valence-corrected chi connectivity index (χ0v) is 19.0. The Morgan fingerprint density at radius 3 is 2.56 bits per heavy atom. The van der Waals surface area contributed by atoms with E-state index in [-0.39, 0.29) is 5.69 Å². The highest BCUT2D eigenvalue weighted by atomic mass is 32.1. The lowest BCUT2D eigenvalue weighted by molar-refractivity contribution is -0.119. The first-order chi connectivity index (χ1) is 16.6. The number of hydrogen-bond acceptors (Lipinski definition) is 6. The lowest BCUT2D eigenvalue weighted by Crippen LogP contribution is -2.22. The monoisotopic (exact) mass is 468 g/mol. The van der Waals surface area contributed by atoms with Gasteiger partial charge in [-0.25, -0.2) is 9.48 Å². The number of ether oxygens (including phenoxy) is 1. The summed E-state index contributed by atoms with van der Waals surface area (Å²) in [7, 11) is 0. The molecule has 34 heavy (non-hydrogen) atoms. The van der Waals surface area contributed by atoms with Gasteiger partial charge < -0.3 is 10.1 Å². The Labute approximate surface area is 200 Å². The fraction of sp³-hybridized carbons (Fsp3) is 0.154. The molecular weight excluding hydrogens is 448 g/mol. The maximum atomic E-state index is 13.0. The predicted molar refractivity (Wildman–Crippen MR) is 129 cm³/mol. The van der Waals surface area contributed by atoms with Crippen molar-refractivity contribution in [3.63, 3.8) is 0 Å². The van der Waals surface area contributed by atoms with Crippen molar-refractivity contribution in [3.05, 3.63) is 88.4 Å². The molecule has 2 aromatic carbocycles. The average molecular weight is 469 g/mol. The van der Waals surface area contributed by atoms with Gasteiger partial charge in [-0.1, -0.05) is 48.5 Å². The lowest BCUT2D eigenvalue weighted by atomic mass is 10.1. The van der Waals surface area contributed by atoms with Crippen LogP contribution in [-0.2, 0) is 22.4 Å². The number of hydrogen-bond donors (Lipinski definition) is 1. The SMILES string of the molecule is N#Cc1c(NC(=O)COC(=O)c2cc(-c3ccccc3)nn2-c2ccccc2)sc2c1CCC2. The van der Waals surface area contributed by atoms with Gasteiger partial charge in [0, 0.05) is 10.4 Å². The summed E-state index contributed by atoms with van der Waals surface area (Å²) in [6.45, 7) is -0.465. The predicted octanol–water partition coefficient (Wildman–Crippen LogP) is 4.76. The maximum Gasteiger partial charge on any atom is 0.357 e. The van der Waals surface area contributed by atoms with Crippen molar-refractivity contribution in [1.82, 2.24) is 9.78 Å². The zero-order chi connectivity index (χ0) is 23.5. The van der Waals surface area contributed by atoms with Crippen LogP contribution in [0.3, 0.4) is 0 Å². The molecule has 0 bridgehead atoms. The van der Waals surface area contributed by atoms with E-state index in [1.807, 2.05) is 60.7 Å². The van der Waals surface area contributed by atoms with Crippen LogP contribution in [-0.4, -0.2) is 28.3 Å². The number of aromatic nitrogens is 2. The van der Waals surface area contributed by atoms with Crippen molar-refractivity contribution in [3.8, 4) is 23.0 Å². The van der Waals surface area contributed by atoms with Crippen molar-refractivity contribution in [2.75, 3.05) is 11.9 Å². The third-order valence-corrected chi connectivity index (χ3v) is 6.82. The molecule has 1 amide bonds. The maximum absolute atomic E-state index is 13.0. The van der Waals surface area contributed by atoms with Gasteiger partial charge in [-0.15, -0.1) is 11.3 Å². The molecule has 0 atom stereocenters. The number of benzene rings is 2. The summed E-state index contributed by atoms with van der Waals surface area (Å²) in [6.07, 6.45) is 2.81. The number of carbonyl (C=O) groups is 2. The molecule has 1 aliphatic rings. The summed E-state index contributed by atoms with van der Waals surface area (Å²) in [5, 5.41) is 17.3. The van der Waals surface area contributed by atoms with E-state index in [9.17, 15) is 14.9 Å². The molecule has 0 spiro atoms. The molecule has 0 radical (unpaired) electrons. The second-order valence-corrected chi connectivity index (χ2v) is 8.93. The highest BCUT2D eigenvalue weighted by Crippen LogP contribution is 2.38. The van der Waals surface area contributed by atoms with Gasteiger partial charge in [-0.2, -0.15) is 10.4 Å².